The van der Waals surface area contributed by atoms with E-state index in [1.807, 2.05) is 0 Å². The van der Waals surface area contributed by atoms with Gasteiger partial charge in [-0.1, -0.05) is 25.8 Å². The van der Waals surface area contributed by atoms with Gasteiger partial charge in [0.1, 0.15) is 11.4 Å². The standard InChI is InChI=1S/C20H25N3O4/c1-11-7-4-5-9-13(11)21-15-16(19(26)18(15)25)22-14-10-6-8-12(17(14)24)20(27)23(2)3/h6,8,10-11,13,21-22,24H,4-5,7,9H2,1-3H3. The average Bonchev–Trinajstić information content (AvgIpc) is 2.66. The molecule has 2 aromatic carbocycles. The lowest BCUT2D eigenvalue weighted by molar-refractivity contribution is 0.0824. The van der Waals surface area contributed by atoms with Crippen LogP contribution in [0.25, 0.3) is 0 Å². The van der Waals surface area contributed by atoms with E-state index < -0.39 is 10.9 Å². The Morgan fingerprint density at radius 2 is 1.78 bits per heavy atom. The molecule has 2 unspecified atom stereocenters. The van der Waals surface area contributed by atoms with E-state index in [1.54, 1.807) is 26.2 Å². The molecule has 0 aliphatic heterocycles. The number of nitrogens with one attached hydrogen (secondary N) is 2. The molecular formula is C20H25N3O4. The van der Waals surface area contributed by atoms with E-state index >= 15 is 0 Å². The summed E-state index contributed by atoms with van der Waals surface area (Å²) in [5.41, 5.74) is -0.418. The summed E-state index contributed by atoms with van der Waals surface area (Å²) in [6.07, 6.45) is 4.31. The molecule has 1 aliphatic carbocycles. The van der Waals surface area contributed by atoms with Crippen LogP contribution in [0.4, 0.5) is 17.1 Å². The van der Waals surface area contributed by atoms with Gasteiger partial charge in [-0.2, -0.15) is 0 Å². The molecule has 1 aliphatic rings. The Kier molecular flexibility index (Phi) is 5.21. The summed E-state index contributed by atoms with van der Waals surface area (Å²) in [6, 6.07) is 4.83. The fraction of sp³-hybridized carbons (Fsp3) is 0.450. The number of benzene rings is 1. The summed E-state index contributed by atoms with van der Waals surface area (Å²) in [7, 11) is 3.18. The number of rotatable bonds is 5. The number of carbonyl (C=O) groups excluding carboxylic acids is 1. The molecule has 0 saturated heterocycles. The highest BCUT2D eigenvalue weighted by Gasteiger charge is 2.28. The summed E-state index contributed by atoms with van der Waals surface area (Å²) in [5.74, 6) is -0.179. The number of phenols is 1. The second kappa shape index (κ2) is 7.42. The molecule has 3 N–H and O–H groups in total. The Bertz CT molecular complexity index is 928. The van der Waals surface area contributed by atoms with Gasteiger partial charge in [0, 0.05) is 20.1 Å². The van der Waals surface area contributed by atoms with E-state index in [0.717, 1.165) is 19.3 Å². The maximum Gasteiger partial charge on any atom is 0.257 e. The van der Waals surface area contributed by atoms with Crippen LogP contribution in [0.15, 0.2) is 27.8 Å². The van der Waals surface area contributed by atoms with Crippen LogP contribution in [-0.4, -0.2) is 36.1 Å². The molecule has 0 radical (unpaired) electrons. The van der Waals surface area contributed by atoms with Gasteiger partial charge in [0.2, 0.25) is 0 Å². The number of carbonyl (C=O) groups is 1. The zero-order valence-electron chi connectivity index (χ0n) is 15.8. The van der Waals surface area contributed by atoms with Crippen molar-refractivity contribution < 1.29 is 9.90 Å². The normalized spacial score (nSPS) is 19.7. The molecule has 0 bridgehead atoms. The molecule has 1 amide bonds. The van der Waals surface area contributed by atoms with Crippen LogP contribution in [0.3, 0.4) is 0 Å². The maximum absolute atomic E-state index is 12.2. The van der Waals surface area contributed by atoms with Crippen LogP contribution in [0.2, 0.25) is 0 Å². The van der Waals surface area contributed by atoms with E-state index in [2.05, 4.69) is 17.6 Å². The van der Waals surface area contributed by atoms with Crippen LogP contribution in [0.5, 0.6) is 5.75 Å². The van der Waals surface area contributed by atoms with Crippen molar-refractivity contribution in [3.05, 3.63) is 44.2 Å². The number of aromatic hydroxyl groups is 1. The molecule has 2 atom stereocenters. The lowest BCUT2D eigenvalue weighted by Crippen LogP contribution is -2.41. The predicted molar refractivity (Wildman–Crippen MR) is 106 cm³/mol. The number of hydrogen-bond acceptors (Lipinski definition) is 6. The van der Waals surface area contributed by atoms with Crippen molar-refractivity contribution in [2.75, 3.05) is 24.7 Å². The largest absolute Gasteiger partial charge is 0.505 e. The van der Waals surface area contributed by atoms with Crippen molar-refractivity contribution >= 4 is 23.0 Å². The third-order valence-electron chi connectivity index (χ3n) is 5.28. The van der Waals surface area contributed by atoms with Crippen molar-refractivity contribution in [2.24, 2.45) is 5.92 Å². The predicted octanol–water partition coefficient (Wildman–Crippen LogP) is 2.42. The topological polar surface area (TPSA) is 98.7 Å². The highest BCUT2D eigenvalue weighted by molar-refractivity contribution is 5.99. The van der Waals surface area contributed by atoms with E-state index in [1.165, 1.54) is 17.4 Å². The second-order valence-corrected chi connectivity index (χ2v) is 7.45. The molecule has 7 heteroatoms. The number of phenolic OH excluding ortho intramolecular Hbond substituents is 1. The minimum absolute atomic E-state index is 0.124. The van der Waals surface area contributed by atoms with Gasteiger partial charge in [-0.15, -0.1) is 0 Å². The Balaban J connectivity index is 1.86. The van der Waals surface area contributed by atoms with Crippen LogP contribution in [0, 0.1) is 5.92 Å². The van der Waals surface area contributed by atoms with Gasteiger partial charge in [-0.3, -0.25) is 14.4 Å². The number of anilines is 3. The quantitative estimate of drug-likeness (QED) is 0.551. The lowest BCUT2D eigenvalue weighted by atomic mass is 9.85. The second-order valence-electron chi connectivity index (χ2n) is 7.45. The molecule has 2 aromatic rings. The Morgan fingerprint density at radius 3 is 2.44 bits per heavy atom. The minimum atomic E-state index is -0.621. The molecule has 1 fully saturated rings. The number of nitrogens with zero attached hydrogens (tertiary/aromatic N) is 1. The van der Waals surface area contributed by atoms with Crippen LogP contribution < -0.4 is 21.5 Å². The fourth-order valence-electron chi connectivity index (χ4n) is 3.56. The SMILES string of the molecule is CC1CCCCC1Nc1c(Nc2cccc(C(=O)N(C)C)c2O)c(=O)c1=O. The van der Waals surface area contributed by atoms with Crippen LogP contribution >= 0.6 is 0 Å². The molecule has 7 nitrogen and oxygen atoms in total. The smallest absolute Gasteiger partial charge is 0.257 e. The van der Waals surface area contributed by atoms with E-state index in [4.69, 9.17) is 0 Å². The van der Waals surface area contributed by atoms with E-state index in [-0.39, 0.29) is 40.3 Å². The monoisotopic (exact) mass is 371 g/mol. The number of amides is 1. The van der Waals surface area contributed by atoms with Gasteiger partial charge in [-0.25, -0.2) is 0 Å². The Labute approximate surface area is 157 Å². The number of hydrogen-bond donors (Lipinski definition) is 3. The van der Waals surface area contributed by atoms with Gasteiger partial charge < -0.3 is 20.6 Å². The van der Waals surface area contributed by atoms with Gasteiger partial charge in [0.05, 0.1) is 11.3 Å². The molecule has 0 heterocycles. The zero-order chi connectivity index (χ0) is 19.7. The summed E-state index contributed by atoms with van der Waals surface area (Å²) >= 11 is 0. The van der Waals surface area contributed by atoms with E-state index in [0.29, 0.717) is 5.92 Å². The Morgan fingerprint density at radius 1 is 1.11 bits per heavy atom. The molecule has 1 saturated carbocycles. The zero-order valence-corrected chi connectivity index (χ0v) is 15.8. The molecule has 3 rings (SSSR count). The van der Waals surface area contributed by atoms with Crippen LogP contribution in [-0.2, 0) is 0 Å². The fourth-order valence-corrected chi connectivity index (χ4v) is 3.56. The van der Waals surface area contributed by atoms with Crippen molar-refractivity contribution in [3.63, 3.8) is 0 Å². The summed E-state index contributed by atoms with van der Waals surface area (Å²) in [6.45, 7) is 2.14. The number of para-hydroxylation sites is 1. The first-order valence-electron chi connectivity index (χ1n) is 9.21. The van der Waals surface area contributed by atoms with Gasteiger partial charge >= 0.3 is 0 Å². The third kappa shape index (κ3) is 3.54. The van der Waals surface area contributed by atoms with Crippen LogP contribution in [0.1, 0.15) is 43.0 Å². The Hall–Kier alpha value is -2.83. The van der Waals surface area contributed by atoms with Crippen molar-refractivity contribution in [1.82, 2.24) is 4.90 Å². The van der Waals surface area contributed by atoms with Crippen molar-refractivity contribution in [1.29, 1.82) is 0 Å². The molecule has 0 aromatic heterocycles. The lowest BCUT2D eigenvalue weighted by Gasteiger charge is -2.31. The minimum Gasteiger partial charge on any atom is -0.505 e. The highest BCUT2D eigenvalue weighted by atomic mass is 16.3. The first-order valence-corrected chi connectivity index (χ1v) is 9.21. The van der Waals surface area contributed by atoms with E-state index in [9.17, 15) is 19.5 Å². The third-order valence-corrected chi connectivity index (χ3v) is 5.28. The highest BCUT2D eigenvalue weighted by Crippen LogP contribution is 2.33. The average molecular weight is 371 g/mol. The molecule has 27 heavy (non-hydrogen) atoms. The molecular weight excluding hydrogens is 346 g/mol. The van der Waals surface area contributed by atoms with Gasteiger partial charge in [0.15, 0.2) is 5.75 Å². The first-order chi connectivity index (χ1) is 12.8. The molecule has 144 valence electrons. The summed E-state index contributed by atoms with van der Waals surface area (Å²) in [4.78, 5) is 37.6. The summed E-state index contributed by atoms with van der Waals surface area (Å²) < 4.78 is 0. The van der Waals surface area contributed by atoms with Crippen molar-refractivity contribution in [2.45, 2.75) is 38.6 Å². The van der Waals surface area contributed by atoms with Gasteiger partial charge in [-0.05, 0) is 30.9 Å². The maximum atomic E-state index is 12.2. The molecule has 0 spiro atoms. The van der Waals surface area contributed by atoms with Crippen molar-refractivity contribution in [3.8, 4) is 5.75 Å². The summed E-state index contributed by atoms with van der Waals surface area (Å²) in [5, 5.41) is 16.5. The van der Waals surface area contributed by atoms with Gasteiger partial charge in [0.25, 0.3) is 16.8 Å². The first kappa shape index (κ1) is 18.9.